The molecule has 0 unspecified atom stereocenters. The van der Waals surface area contributed by atoms with E-state index in [0.717, 1.165) is 4.90 Å². The SMILES string of the molecule is C=CCN(CC=C)S(=O)(=O)CCSc1ccc(N)cc1. The lowest BCUT2D eigenvalue weighted by atomic mass is 10.3. The van der Waals surface area contributed by atoms with Crippen LogP contribution in [0.15, 0.2) is 54.5 Å². The molecule has 2 N–H and O–H groups in total. The van der Waals surface area contributed by atoms with Gasteiger partial charge in [0, 0.05) is 29.4 Å². The van der Waals surface area contributed by atoms with Gasteiger partial charge >= 0.3 is 0 Å². The molecule has 0 amide bonds. The van der Waals surface area contributed by atoms with Crippen molar-refractivity contribution in [1.29, 1.82) is 0 Å². The molecule has 1 aromatic carbocycles. The van der Waals surface area contributed by atoms with Gasteiger partial charge in [-0.05, 0) is 24.3 Å². The van der Waals surface area contributed by atoms with Gasteiger partial charge in [-0.2, -0.15) is 4.31 Å². The third kappa shape index (κ3) is 5.40. The molecule has 1 rings (SSSR count). The van der Waals surface area contributed by atoms with E-state index in [1.54, 1.807) is 24.3 Å². The molecule has 0 aliphatic carbocycles. The third-order valence-electron chi connectivity index (χ3n) is 2.55. The predicted octanol–water partition coefficient (Wildman–Crippen LogP) is 2.36. The van der Waals surface area contributed by atoms with Gasteiger partial charge in [0.15, 0.2) is 0 Å². The van der Waals surface area contributed by atoms with Crippen LogP contribution in [0.4, 0.5) is 5.69 Å². The molecule has 110 valence electrons. The summed E-state index contributed by atoms with van der Waals surface area (Å²) in [5.41, 5.74) is 6.30. The van der Waals surface area contributed by atoms with Crippen molar-refractivity contribution >= 4 is 27.5 Å². The van der Waals surface area contributed by atoms with Crippen LogP contribution in [-0.4, -0.2) is 37.3 Å². The van der Waals surface area contributed by atoms with Crippen LogP contribution in [-0.2, 0) is 10.0 Å². The maximum atomic E-state index is 12.2. The quantitative estimate of drug-likeness (QED) is 0.432. The Morgan fingerprint density at radius 3 is 2.20 bits per heavy atom. The summed E-state index contributed by atoms with van der Waals surface area (Å²) < 4.78 is 25.7. The summed E-state index contributed by atoms with van der Waals surface area (Å²) in [7, 11) is -3.28. The Bertz CT molecular complexity index is 529. The Morgan fingerprint density at radius 2 is 1.70 bits per heavy atom. The number of thioether (sulfide) groups is 1. The Hall–Kier alpha value is -1.24. The smallest absolute Gasteiger partial charge is 0.215 e. The van der Waals surface area contributed by atoms with Crippen molar-refractivity contribution in [1.82, 2.24) is 4.31 Å². The molecular weight excluding hydrogens is 292 g/mol. The molecule has 0 fully saturated rings. The molecule has 0 bridgehead atoms. The Kier molecular flexibility index (Phi) is 6.84. The first-order chi connectivity index (χ1) is 9.49. The molecule has 0 saturated carbocycles. The number of sulfonamides is 1. The van der Waals surface area contributed by atoms with Crippen LogP contribution in [0.3, 0.4) is 0 Å². The molecule has 20 heavy (non-hydrogen) atoms. The van der Waals surface area contributed by atoms with Gasteiger partial charge in [-0.25, -0.2) is 8.42 Å². The van der Waals surface area contributed by atoms with Gasteiger partial charge in [-0.3, -0.25) is 0 Å². The molecule has 0 spiro atoms. The second kappa shape index (κ2) is 8.14. The highest BCUT2D eigenvalue weighted by Crippen LogP contribution is 2.19. The number of rotatable bonds is 9. The fraction of sp³-hybridized carbons (Fsp3) is 0.286. The van der Waals surface area contributed by atoms with Gasteiger partial charge in [0.2, 0.25) is 10.0 Å². The molecule has 4 nitrogen and oxygen atoms in total. The van der Waals surface area contributed by atoms with E-state index < -0.39 is 10.0 Å². The fourth-order valence-electron chi connectivity index (χ4n) is 1.55. The summed E-state index contributed by atoms with van der Waals surface area (Å²) in [4.78, 5) is 1.01. The van der Waals surface area contributed by atoms with E-state index in [9.17, 15) is 8.42 Å². The van der Waals surface area contributed by atoms with Gasteiger partial charge in [-0.1, -0.05) is 12.2 Å². The Labute approximate surface area is 125 Å². The number of hydrogen-bond acceptors (Lipinski definition) is 4. The van der Waals surface area contributed by atoms with Gasteiger partial charge in [-0.15, -0.1) is 24.9 Å². The van der Waals surface area contributed by atoms with Crippen molar-refractivity contribution < 1.29 is 8.42 Å². The summed E-state index contributed by atoms with van der Waals surface area (Å²) in [6, 6.07) is 7.38. The summed E-state index contributed by atoms with van der Waals surface area (Å²) in [5, 5.41) is 0. The Morgan fingerprint density at radius 1 is 1.15 bits per heavy atom. The first-order valence-corrected chi connectivity index (χ1v) is 8.77. The largest absolute Gasteiger partial charge is 0.399 e. The lowest BCUT2D eigenvalue weighted by molar-refractivity contribution is 0.475. The van der Waals surface area contributed by atoms with E-state index in [4.69, 9.17) is 5.73 Å². The maximum absolute atomic E-state index is 12.2. The summed E-state index contributed by atoms with van der Waals surface area (Å²) in [6.07, 6.45) is 3.16. The molecule has 0 aliphatic rings. The summed E-state index contributed by atoms with van der Waals surface area (Å²) in [6.45, 7) is 7.76. The molecule has 0 saturated heterocycles. The normalized spacial score (nSPS) is 11.4. The van der Waals surface area contributed by atoms with Gasteiger partial charge in [0.25, 0.3) is 0 Å². The topological polar surface area (TPSA) is 63.4 Å². The van der Waals surface area contributed by atoms with Crippen molar-refractivity contribution in [3.63, 3.8) is 0 Å². The van der Waals surface area contributed by atoms with Crippen LogP contribution in [0.2, 0.25) is 0 Å². The van der Waals surface area contributed by atoms with Crippen LogP contribution in [0.1, 0.15) is 0 Å². The van der Waals surface area contributed by atoms with Gasteiger partial charge < -0.3 is 5.73 Å². The van der Waals surface area contributed by atoms with E-state index in [1.165, 1.54) is 16.1 Å². The monoisotopic (exact) mass is 312 g/mol. The van der Waals surface area contributed by atoms with Gasteiger partial charge in [0.1, 0.15) is 0 Å². The zero-order valence-corrected chi connectivity index (χ0v) is 13.0. The number of benzene rings is 1. The molecule has 0 radical (unpaired) electrons. The predicted molar refractivity (Wildman–Crippen MR) is 87.3 cm³/mol. The fourth-order valence-corrected chi connectivity index (χ4v) is 4.21. The first kappa shape index (κ1) is 16.8. The van der Waals surface area contributed by atoms with Crippen molar-refractivity contribution in [3.8, 4) is 0 Å². The molecule has 0 aliphatic heterocycles. The number of hydrogen-bond donors (Lipinski definition) is 1. The highest BCUT2D eigenvalue weighted by Gasteiger charge is 2.19. The average Bonchev–Trinajstić information content (AvgIpc) is 2.41. The van der Waals surface area contributed by atoms with E-state index in [2.05, 4.69) is 13.2 Å². The zero-order chi connectivity index (χ0) is 15.0. The molecule has 0 heterocycles. The molecule has 0 atom stereocenters. The van der Waals surface area contributed by atoms with Crippen LogP contribution in [0.5, 0.6) is 0 Å². The minimum Gasteiger partial charge on any atom is -0.399 e. The van der Waals surface area contributed by atoms with Crippen molar-refractivity contribution in [3.05, 3.63) is 49.6 Å². The van der Waals surface area contributed by atoms with Crippen molar-refractivity contribution in [2.45, 2.75) is 4.90 Å². The lowest BCUT2D eigenvalue weighted by Crippen LogP contribution is -2.34. The van der Waals surface area contributed by atoms with E-state index in [0.29, 0.717) is 24.5 Å². The molecule has 1 aromatic rings. The summed E-state index contributed by atoms with van der Waals surface area (Å²) in [5.74, 6) is 0.584. The average molecular weight is 312 g/mol. The van der Waals surface area contributed by atoms with E-state index in [1.807, 2.05) is 12.1 Å². The van der Waals surface area contributed by atoms with E-state index in [-0.39, 0.29) is 5.75 Å². The lowest BCUT2D eigenvalue weighted by Gasteiger charge is -2.18. The number of nitrogen functional groups attached to an aromatic ring is 1. The minimum absolute atomic E-state index is 0.0870. The standard InChI is InChI=1S/C14H20N2O2S2/c1-3-9-16(10-4-2)20(17,18)12-11-19-14-7-5-13(15)6-8-14/h3-8H,1-2,9-12,15H2. The second-order valence-electron chi connectivity index (χ2n) is 4.13. The van der Waals surface area contributed by atoms with Crippen LogP contribution < -0.4 is 5.73 Å². The van der Waals surface area contributed by atoms with Crippen LogP contribution in [0.25, 0.3) is 0 Å². The van der Waals surface area contributed by atoms with Crippen LogP contribution in [0, 0.1) is 0 Å². The zero-order valence-electron chi connectivity index (χ0n) is 11.4. The number of anilines is 1. The third-order valence-corrected chi connectivity index (χ3v) is 5.63. The molecule has 0 aromatic heterocycles. The molecule has 6 heteroatoms. The highest BCUT2D eigenvalue weighted by atomic mass is 32.2. The van der Waals surface area contributed by atoms with Crippen LogP contribution >= 0.6 is 11.8 Å². The summed E-state index contributed by atoms with van der Waals surface area (Å²) >= 11 is 1.50. The number of nitrogens with zero attached hydrogens (tertiary/aromatic N) is 1. The first-order valence-electron chi connectivity index (χ1n) is 6.17. The maximum Gasteiger partial charge on any atom is 0.215 e. The van der Waals surface area contributed by atoms with Crippen molar-refractivity contribution in [2.75, 3.05) is 30.3 Å². The second-order valence-corrected chi connectivity index (χ2v) is 7.38. The molecular formula is C14H20N2O2S2. The van der Waals surface area contributed by atoms with Gasteiger partial charge in [0.05, 0.1) is 5.75 Å². The highest BCUT2D eigenvalue weighted by molar-refractivity contribution is 8.00. The number of nitrogens with two attached hydrogens (primary N) is 1. The van der Waals surface area contributed by atoms with Crippen molar-refractivity contribution in [2.24, 2.45) is 0 Å². The van der Waals surface area contributed by atoms with E-state index >= 15 is 0 Å². The minimum atomic E-state index is -3.28. The Balaban J connectivity index is 2.55.